The molecule has 0 saturated carbocycles. The Bertz CT molecular complexity index is 599. The molecule has 0 unspecified atom stereocenters. The molecule has 2 aromatic rings. The third-order valence-electron chi connectivity index (χ3n) is 2.92. The van der Waals surface area contributed by atoms with E-state index in [1.54, 1.807) is 6.20 Å². The second-order valence-corrected chi connectivity index (χ2v) is 4.61. The van der Waals surface area contributed by atoms with Crippen LogP contribution in [-0.4, -0.2) is 23.6 Å². The summed E-state index contributed by atoms with van der Waals surface area (Å²) in [4.78, 5) is 6.07. The van der Waals surface area contributed by atoms with Crippen molar-refractivity contribution in [2.24, 2.45) is 7.05 Å². The van der Waals surface area contributed by atoms with Gasteiger partial charge in [0.25, 0.3) is 0 Å². The van der Waals surface area contributed by atoms with Crippen LogP contribution in [0.4, 0.5) is 24.8 Å². The standard InChI is InChI=1S/C13H15F3N4/c1-19(2)13-18-7-9(20(13)3)6-17-8-4-10(14)12(16)11(15)5-8/h4-5,7,17H,6H2,1-3H3. The normalized spacial score (nSPS) is 10.7. The fourth-order valence-electron chi connectivity index (χ4n) is 1.86. The first-order valence-electron chi connectivity index (χ1n) is 5.96. The Morgan fingerprint density at radius 2 is 1.80 bits per heavy atom. The molecule has 0 saturated heterocycles. The number of nitrogens with zero attached hydrogens (tertiary/aromatic N) is 3. The smallest absolute Gasteiger partial charge is 0.204 e. The van der Waals surface area contributed by atoms with E-state index in [4.69, 9.17) is 0 Å². The van der Waals surface area contributed by atoms with Crippen LogP contribution >= 0.6 is 0 Å². The summed E-state index contributed by atoms with van der Waals surface area (Å²) < 4.78 is 40.8. The van der Waals surface area contributed by atoms with Gasteiger partial charge in [0.05, 0.1) is 18.4 Å². The molecule has 1 aromatic heterocycles. The number of benzene rings is 1. The number of hydrogen-bond donors (Lipinski definition) is 1. The summed E-state index contributed by atoms with van der Waals surface area (Å²) in [6.07, 6.45) is 1.67. The number of aromatic nitrogens is 2. The molecule has 108 valence electrons. The fraction of sp³-hybridized carbons (Fsp3) is 0.308. The maximum Gasteiger partial charge on any atom is 0.204 e. The Hall–Kier alpha value is -2.18. The number of nitrogens with one attached hydrogen (secondary N) is 1. The van der Waals surface area contributed by atoms with Crippen molar-refractivity contribution in [1.82, 2.24) is 9.55 Å². The Balaban J connectivity index is 2.13. The summed E-state index contributed by atoms with van der Waals surface area (Å²) in [5, 5.41) is 2.84. The first-order chi connectivity index (χ1) is 9.40. The summed E-state index contributed by atoms with van der Waals surface area (Å²) in [6, 6.07) is 1.84. The van der Waals surface area contributed by atoms with Crippen LogP contribution in [0.15, 0.2) is 18.3 Å². The van der Waals surface area contributed by atoms with Gasteiger partial charge < -0.3 is 14.8 Å². The molecule has 4 nitrogen and oxygen atoms in total. The second kappa shape index (κ2) is 5.44. The van der Waals surface area contributed by atoms with Gasteiger partial charge in [0, 0.05) is 39.0 Å². The summed E-state index contributed by atoms with van der Waals surface area (Å²) in [5.74, 6) is -3.14. The first kappa shape index (κ1) is 14.2. The summed E-state index contributed by atoms with van der Waals surface area (Å²) in [6.45, 7) is 0.321. The molecule has 0 spiro atoms. The molecule has 0 bridgehead atoms. The van der Waals surface area contributed by atoms with E-state index >= 15 is 0 Å². The van der Waals surface area contributed by atoms with Crippen LogP contribution in [0, 0.1) is 17.5 Å². The lowest BCUT2D eigenvalue weighted by molar-refractivity contribution is 0.447. The van der Waals surface area contributed by atoms with Crippen LogP contribution in [-0.2, 0) is 13.6 Å². The molecule has 0 aliphatic rings. The highest BCUT2D eigenvalue weighted by molar-refractivity contribution is 5.44. The van der Waals surface area contributed by atoms with Crippen LogP contribution in [0.3, 0.4) is 0 Å². The number of halogens is 3. The Morgan fingerprint density at radius 1 is 1.20 bits per heavy atom. The molecule has 1 heterocycles. The third-order valence-corrected chi connectivity index (χ3v) is 2.92. The fourth-order valence-corrected chi connectivity index (χ4v) is 1.86. The van der Waals surface area contributed by atoms with Gasteiger partial charge in [-0.1, -0.05) is 0 Å². The summed E-state index contributed by atoms with van der Waals surface area (Å²) >= 11 is 0. The van der Waals surface area contributed by atoms with Gasteiger partial charge in [0.15, 0.2) is 17.5 Å². The van der Waals surface area contributed by atoms with E-state index in [1.807, 2.05) is 30.6 Å². The lowest BCUT2D eigenvalue weighted by Gasteiger charge is -2.13. The molecule has 1 N–H and O–H groups in total. The van der Waals surface area contributed by atoms with Crippen LogP contribution in [0.1, 0.15) is 5.69 Å². The van der Waals surface area contributed by atoms with Crippen molar-refractivity contribution in [3.05, 3.63) is 41.5 Å². The van der Waals surface area contributed by atoms with E-state index in [9.17, 15) is 13.2 Å². The van der Waals surface area contributed by atoms with E-state index in [1.165, 1.54) is 0 Å². The molecule has 7 heteroatoms. The van der Waals surface area contributed by atoms with Crippen molar-refractivity contribution < 1.29 is 13.2 Å². The zero-order valence-corrected chi connectivity index (χ0v) is 11.4. The highest BCUT2D eigenvalue weighted by Gasteiger charge is 2.11. The molecule has 0 radical (unpaired) electrons. The molecule has 0 aliphatic heterocycles. The molecule has 0 atom stereocenters. The average Bonchev–Trinajstić information content (AvgIpc) is 2.74. The van der Waals surface area contributed by atoms with Crippen molar-refractivity contribution in [2.75, 3.05) is 24.3 Å². The Kier molecular flexibility index (Phi) is 3.87. The minimum absolute atomic E-state index is 0.175. The van der Waals surface area contributed by atoms with Crippen LogP contribution in [0.5, 0.6) is 0 Å². The molecule has 2 rings (SSSR count). The van der Waals surface area contributed by atoms with E-state index in [0.717, 1.165) is 23.8 Å². The lowest BCUT2D eigenvalue weighted by Crippen LogP contribution is -2.15. The number of imidazole rings is 1. The van der Waals surface area contributed by atoms with Gasteiger partial charge in [-0.3, -0.25) is 0 Å². The minimum Gasteiger partial charge on any atom is -0.379 e. The van der Waals surface area contributed by atoms with Crippen LogP contribution in [0.25, 0.3) is 0 Å². The molecule has 1 aromatic carbocycles. The monoisotopic (exact) mass is 284 g/mol. The van der Waals surface area contributed by atoms with Crippen molar-refractivity contribution in [1.29, 1.82) is 0 Å². The van der Waals surface area contributed by atoms with Crippen LogP contribution < -0.4 is 10.2 Å². The highest BCUT2D eigenvalue weighted by atomic mass is 19.2. The average molecular weight is 284 g/mol. The van der Waals surface area contributed by atoms with Gasteiger partial charge >= 0.3 is 0 Å². The number of anilines is 2. The maximum absolute atomic E-state index is 13.1. The predicted molar refractivity (Wildman–Crippen MR) is 71.2 cm³/mol. The molecule has 0 aliphatic carbocycles. The van der Waals surface area contributed by atoms with Crippen LogP contribution in [0.2, 0.25) is 0 Å². The molecular weight excluding hydrogens is 269 g/mol. The zero-order chi connectivity index (χ0) is 14.9. The topological polar surface area (TPSA) is 33.1 Å². The van der Waals surface area contributed by atoms with E-state index in [2.05, 4.69) is 10.3 Å². The number of hydrogen-bond acceptors (Lipinski definition) is 3. The van der Waals surface area contributed by atoms with Gasteiger partial charge in [-0.05, 0) is 0 Å². The molecule has 0 fully saturated rings. The van der Waals surface area contributed by atoms with Gasteiger partial charge in [0.1, 0.15) is 0 Å². The van der Waals surface area contributed by atoms with Gasteiger partial charge in [-0.2, -0.15) is 0 Å². The molecular formula is C13H15F3N4. The van der Waals surface area contributed by atoms with E-state index in [-0.39, 0.29) is 5.69 Å². The Morgan fingerprint density at radius 3 is 2.30 bits per heavy atom. The predicted octanol–water partition coefficient (Wildman–Crippen LogP) is 2.52. The summed E-state index contributed by atoms with van der Waals surface area (Å²) in [5.41, 5.74) is 1.01. The van der Waals surface area contributed by atoms with Gasteiger partial charge in [0.2, 0.25) is 5.95 Å². The largest absolute Gasteiger partial charge is 0.379 e. The zero-order valence-electron chi connectivity index (χ0n) is 11.4. The maximum atomic E-state index is 13.1. The quantitative estimate of drug-likeness (QED) is 0.876. The minimum atomic E-state index is -1.47. The number of rotatable bonds is 4. The van der Waals surface area contributed by atoms with Gasteiger partial charge in [-0.25, -0.2) is 18.2 Å². The highest BCUT2D eigenvalue weighted by Crippen LogP contribution is 2.18. The van der Waals surface area contributed by atoms with Gasteiger partial charge in [-0.15, -0.1) is 0 Å². The van der Waals surface area contributed by atoms with Crippen molar-refractivity contribution in [3.8, 4) is 0 Å². The third kappa shape index (κ3) is 2.71. The first-order valence-corrected chi connectivity index (χ1v) is 5.96. The molecule has 0 amide bonds. The van der Waals surface area contributed by atoms with Crippen molar-refractivity contribution >= 4 is 11.6 Å². The molecule has 20 heavy (non-hydrogen) atoms. The van der Waals surface area contributed by atoms with E-state index in [0.29, 0.717) is 6.54 Å². The Labute approximate surface area is 114 Å². The SMILES string of the molecule is CN(C)c1ncc(CNc2cc(F)c(F)c(F)c2)n1C. The van der Waals surface area contributed by atoms with Crippen molar-refractivity contribution in [3.63, 3.8) is 0 Å². The second-order valence-electron chi connectivity index (χ2n) is 4.61. The summed E-state index contributed by atoms with van der Waals surface area (Å²) in [7, 11) is 5.57. The van der Waals surface area contributed by atoms with E-state index < -0.39 is 17.5 Å². The lowest BCUT2D eigenvalue weighted by atomic mass is 10.3. The van der Waals surface area contributed by atoms with Crippen molar-refractivity contribution in [2.45, 2.75) is 6.54 Å².